The first-order valence-corrected chi connectivity index (χ1v) is 7.87. The molecule has 1 atom stereocenters. The van der Waals surface area contributed by atoms with Crippen LogP contribution in [0.2, 0.25) is 0 Å². The summed E-state index contributed by atoms with van der Waals surface area (Å²) in [6.45, 7) is 6.93. The van der Waals surface area contributed by atoms with Gasteiger partial charge < -0.3 is 9.84 Å². The first-order valence-electron chi connectivity index (χ1n) is 7.87. The molecular weight excluding hydrogens is 268 g/mol. The van der Waals surface area contributed by atoms with Crippen molar-refractivity contribution in [3.05, 3.63) is 11.3 Å². The van der Waals surface area contributed by atoms with E-state index < -0.39 is 0 Å². The summed E-state index contributed by atoms with van der Waals surface area (Å²) in [5.74, 6) is 0.542. The Morgan fingerprint density at radius 3 is 2.76 bits per heavy atom. The van der Waals surface area contributed by atoms with Gasteiger partial charge in [0.15, 0.2) is 0 Å². The van der Waals surface area contributed by atoms with Gasteiger partial charge in [0.1, 0.15) is 0 Å². The number of carbonyl (C=O) groups excluding carboxylic acids is 1. The minimum absolute atomic E-state index is 0.0297. The fraction of sp³-hybridized carbons (Fsp3) is 0.733. The van der Waals surface area contributed by atoms with Gasteiger partial charge in [-0.1, -0.05) is 5.16 Å². The van der Waals surface area contributed by atoms with E-state index in [2.05, 4.69) is 20.7 Å². The van der Waals surface area contributed by atoms with E-state index in [0.29, 0.717) is 11.9 Å². The maximum atomic E-state index is 12.6. The molecule has 0 bridgehead atoms. The molecule has 0 aliphatic carbocycles. The monoisotopic (exact) mass is 292 g/mol. The van der Waals surface area contributed by atoms with Gasteiger partial charge in [-0.25, -0.2) is 0 Å². The zero-order chi connectivity index (χ0) is 14.8. The Morgan fingerprint density at radius 1 is 1.33 bits per heavy atom. The number of hydrogen-bond acceptors (Lipinski definition) is 5. The molecule has 0 aromatic carbocycles. The lowest BCUT2D eigenvalue weighted by Crippen LogP contribution is -2.49. The summed E-state index contributed by atoms with van der Waals surface area (Å²) in [6, 6.07) is 0.500. The third-order valence-corrected chi connectivity index (χ3v) is 4.77. The van der Waals surface area contributed by atoms with Crippen molar-refractivity contribution >= 4 is 11.8 Å². The number of aryl methyl sites for hydroxylation is 1. The van der Waals surface area contributed by atoms with Crippen LogP contribution in [0.5, 0.6) is 0 Å². The van der Waals surface area contributed by atoms with Crippen LogP contribution in [0.15, 0.2) is 4.52 Å². The number of nitrogens with zero attached hydrogens (tertiary/aromatic N) is 2. The molecule has 1 unspecified atom stereocenters. The number of likely N-dealkylation sites (tertiary alicyclic amines) is 1. The Kier molecular flexibility index (Phi) is 4.26. The topological polar surface area (TPSA) is 70.4 Å². The lowest BCUT2D eigenvalue weighted by atomic mass is 10.0. The van der Waals surface area contributed by atoms with Crippen molar-refractivity contribution in [3.8, 4) is 0 Å². The molecule has 2 saturated heterocycles. The number of piperidine rings is 1. The molecule has 116 valence electrons. The third-order valence-electron chi connectivity index (χ3n) is 4.77. The van der Waals surface area contributed by atoms with E-state index in [4.69, 9.17) is 4.52 Å². The SMILES string of the molecule is Cc1noc(NC(=O)C2CCCN2C2CCNCC2)c1C. The average molecular weight is 292 g/mol. The molecule has 3 rings (SSSR count). The summed E-state index contributed by atoms with van der Waals surface area (Å²) in [5, 5.41) is 10.2. The Morgan fingerprint density at radius 2 is 2.10 bits per heavy atom. The van der Waals surface area contributed by atoms with Gasteiger partial charge in [-0.05, 0) is 59.2 Å². The van der Waals surface area contributed by atoms with Crippen LogP contribution in [-0.4, -0.2) is 47.7 Å². The summed E-state index contributed by atoms with van der Waals surface area (Å²) >= 11 is 0. The molecule has 2 aliphatic rings. The lowest BCUT2D eigenvalue weighted by molar-refractivity contribution is -0.121. The highest BCUT2D eigenvalue weighted by atomic mass is 16.5. The minimum Gasteiger partial charge on any atom is -0.338 e. The van der Waals surface area contributed by atoms with Crippen LogP contribution in [-0.2, 0) is 4.79 Å². The summed E-state index contributed by atoms with van der Waals surface area (Å²) in [4.78, 5) is 15.0. The number of rotatable bonds is 3. The van der Waals surface area contributed by atoms with E-state index in [1.165, 1.54) is 0 Å². The van der Waals surface area contributed by atoms with Gasteiger partial charge in [0.05, 0.1) is 11.7 Å². The molecule has 6 nitrogen and oxygen atoms in total. The van der Waals surface area contributed by atoms with E-state index in [1.807, 2.05) is 13.8 Å². The van der Waals surface area contributed by atoms with Crippen molar-refractivity contribution in [1.29, 1.82) is 0 Å². The number of carbonyl (C=O) groups is 1. The summed E-state index contributed by atoms with van der Waals surface area (Å²) in [5.41, 5.74) is 1.74. The van der Waals surface area contributed by atoms with E-state index in [-0.39, 0.29) is 11.9 Å². The second-order valence-corrected chi connectivity index (χ2v) is 6.09. The van der Waals surface area contributed by atoms with Crippen molar-refractivity contribution in [2.45, 2.75) is 51.6 Å². The van der Waals surface area contributed by atoms with Crippen molar-refractivity contribution in [3.63, 3.8) is 0 Å². The molecule has 21 heavy (non-hydrogen) atoms. The number of nitrogens with one attached hydrogen (secondary N) is 2. The molecule has 2 N–H and O–H groups in total. The van der Waals surface area contributed by atoms with Crippen molar-refractivity contribution in [1.82, 2.24) is 15.4 Å². The van der Waals surface area contributed by atoms with Gasteiger partial charge in [-0.3, -0.25) is 15.0 Å². The molecule has 0 saturated carbocycles. The Bertz CT molecular complexity index is 508. The molecular formula is C15H24N4O2. The van der Waals surface area contributed by atoms with Gasteiger partial charge >= 0.3 is 0 Å². The molecule has 2 aliphatic heterocycles. The fourth-order valence-electron chi connectivity index (χ4n) is 3.37. The Balaban J connectivity index is 1.66. The molecule has 0 spiro atoms. The van der Waals surface area contributed by atoms with Gasteiger partial charge in [0.2, 0.25) is 11.8 Å². The maximum absolute atomic E-state index is 12.6. The molecule has 1 aromatic rings. The molecule has 1 amide bonds. The van der Waals surface area contributed by atoms with Gasteiger partial charge in [-0.15, -0.1) is 0 Å². The van der Waals surface area contributed by atoms with Crippen LogP contribution in [0.4, 0.5) is 5.88 Å². The van der Waals surface area contributed by atoms with E-state index >= 15 is 0 Å². The van der Waals surface area contributed by atoms with Crippen LogP contribution >= 0.6 is 0 Å². The maximum Gasteiger partial charge on any atom is 0.244 e. The summed E-state index contributed by atoms with van der Waals surface area (Å²) in [6.07, 6.45) is 4.28. The van der Waals surface area contributed by atoms with Crippen molar-refractivity contribution < 1.29 is 9.32 Å². The zero-order valence-electron chi connectivity index (χ0n) is 12.8. The van der Waals surface area contributed by atoms with E-state index in [1.54, 1.807) is 0 Å². The Labute approximate surface area is 125 Å². The van der Waals surface area contributed by atoms with E-state index in [0.717, 1.165) is 56.6 Å². The number of hydrogen-bond donors (Lipinski definition) is 2. The Hall–Kier alpha value is -1.40. The quantitative estimate of drug-likeness (QED) is 0.882. The lowest BCUT2D eigenvalue weighted by Gasteiger charge is -2.35. The van der Waals surface area contributed by atoms with Gasteiger partial charge in [-0.2, -0.15) is 0 Å². The second kappa shape index (κ2) is 6.15. The normalized spacial score (nSPS) is 24.4. The van der Waals surface area contributed by atoms with Crippen LogP contribution in [0, 0.1) is 13.8 Å². The second-order valence-electron chi connectivity index (χ2n) is 6.09. The minimum atomic E-state index is -0.0297. The van der Waals surface area contributed by atoms with Crippen LogP contribution < -0.4 is 10.6 Å². The number of anilines is 1. The summed E-state index contributed by atoms with van der Waals surface area (Å²) in [7, 11) is 0. The van der Waals surface area contributed by atoms with Crippen molar-refractivity contribution in [2.24, 2.45) is 0 Å². The van der Waals surface area contributed by atoms with Crippen LogP contribution in [0.3, 0.4) is 0 Å². The van der Waals surface area contributed by atoms with E-state index in [9.17, 15) is 4.79 Å². The summed E-state index contributed by atoms with van der Waals surface area (Å²) < 4.78 is 5.20. The fourth-order valence-corrected chi connectivity index (χ4v) is 3.37. The number of aromatic nitrogens is 1. The average Bonchev–Trinajstić information content (AvgIpc) is 3.10. The molecule has 2 fully saturated rings. The molecule has 6 heteroatoms. The van der Waals surface area contributed by atoms with Crippen LogP contribution in [0.1, 0.15) is 36.9 Å². The largest absolute Gasteiger partial charge is 0.338 e. The predicted molar refractivity (Wildman–Crippen MR) is 80.2 cm³/mol. The van der Waals surface area contributed by atoms with Crippen LogP contribution in [0.25, 0.3) is 0 Å². The highest BCUT2D eigenvalue weighted by Crippen LogP contribution is 2.26. The smallest absolute Gasteiger partial charge is 0.244 e. The number of amides is 1. The molecule has 1 aromatic heterocycles. The first-order chi connectivity index (χ1) is 10.2. The molecule has 3 heterocycles. The van der Waals surface area contributed by atoms with Gasteiger partial charge in [0.25, 0.3) is 0 Å². The zero-order valence-corrected chi connectivity index (χ0v) is 12.8. The molecule has 0 radical (unpaired) electrons. The highest BCUT2D eigenvalue weighted by molar-refractivity contribution is 5.94. The standard InChI is InChI=1S/C15H24N4O2/c1-10-11(2)18-21-15(10)17-14(20)13-4-3-9-19(13)12-5-7-16-8-6-12/h12-13,16H,3-9H2,1-2H3,(H,17,20). The third kappa shape index (κ3) is 2.96. The van der Waals surface area contributed by atoms with Gasteiger partial charge in [0, 0.05) is 11.6 Å². The van der Waals surface area contributed by atoms with Crippen molar-refractivity contribution in [2.75, 3.05) is 25.0 Å². The first kappa shape index (κ1) is 14.5. The highest BCUT2D eigenvalue weighted by Gasteiger charge is 2.36. The predicted octanol–water partition coefficient (Wildman–Crippen LogP) is 1.45.